The zero-order valence-corrected chi connectivity index (χ0v) is 12.2. The summed E-state index contributed by atoms with van der Waals surface area (Å²) >= 11 is 0. The van der Waals surface area contributed by atoms with Crippen molar-refractivity contribution in [3.05, 3.63) is 59.7 Å². The minimum Gasteiger partial charge on any atom is -0.494 e. The largest absolute Gasteiger partial charge is 0.494 e. The van der Waals surface area contributed by atoms with E-state index in [9.17, 15) is 13.6 Å². The van der Waals surface area contributed by atoms with E-state index in [1.54, 1.807) is 12.1 Å². The molecule has 0 heterocycles. The Hall–Kier alpha value is -2.43. The Morgan fingerprint density at radius 1 is 1.14 bits per heavy atom. The molecule has 0 unspecified atom stereocenters. The Morgan fingerprint density at radius 3 is 2.59 bits per heavy atom. The Balaban J connectivity index is 1.74. The molecule has 0 aliphatic rings. The minimum absolute atomic E-state index is 0.185. The quantitative estimate of drug-likeness (QED) is 0.817. The number of benzene rings is 2. The van der Waals surface area contributed by atoms with E-state index in [1.165, 1.54) is 30.3 Å². The molecule has 2 aromatic carbocycles. The van der Waals surface area contributed by atoms with Gasteiger partial charge in [0.25, 0.3) is 0 Å². The lowest BCUT2D eigenvalue weighted by Gasteiger charge is -2.08. The Morgan fingerprint density at radius 2 is 1.86 bits per heavy atom. The van der Waals surface area contributed by atoms with Crippen LogP contribution < -0.4 is 10.1 Å². The Labute approximate surface area is 127 Å². The summed E-state index contributed by atoms with van der Waals surface area (Å²) in [4.78, 5) is 11.7. The van der Waals surface area contributed by atoms with Crippen LogP contribution in [-0.4, -0.2) is 12.5 Å². The van der Waals surface area contributed by atoms with Crippen LogP contribution in [0.15, 0.2) is 42.5 Å². The highest BCUT2D eigenvalue weighted by molar-refractivity contribution is 5.90. The third-order valence-corrected chi connectivity index (χ3v) is 3.03. The van der Waals surface area contributed by atoms with Crippen molar-refractivity contribution in [2.24, 2.45) is 0 Å². The number of carbonyl (C=O) groups is 1. The number of anilines is 1. The fourth-order valence-corrected chi connectivity index (χ4v) is 1.90. The van der Waals surface area contributed by atoms with E-state index in [2.05, 4.69) is 5.32 Å². The molecule has 0 fully saturated rings. The molecule has 2 aromatic rings. The van der Waals surface area contributed by atoms with Crippen LogP contribution in [0.25, 0.3) is 0 Å². The van der Waals surface area contributed by atoms with E-state index >= 15 is 0 Å². The highest BCUT2D eigenvalue weighted by atomic mass is 19.1. The summed E-state index contributed by atoms with van der Waals surface area (Å²) in [5, 5.41) is 2.54. The zero-order chi connectivity index (χ0) is 15.9. The predicted molar refractivity (Wildman–Crippen MR) is 80.9 cm³/mol. The number of rotatable bonds is 6. The van der Waals surface area contributed by atoms with Crippen LogP contribution in [0, 0.1) is 18.6 Å². The third kappa shape index (κ3) is 4.84. The topological polar surface area (TPSA) is 38.3 Å². The average molecular weight is 305 g/mol. The van der Waals surface area contributed by atoms with E-state index in [0.717, 1.165) is 5.56 Å². The lowest BCUT2D eigenvalue weighted by atomic mass is 10.2. The maximum Gasteiger partial charge on any atom is 0.224 e. The minimum atomic E-state index is -0.457. The number of hydrogen-bond donors (Lipinski definition) is 1. The molecule has 22 heavy (non-hydrogen) atoms. The van der Waals surface area contributed by atoms with Gasteiger partial charge >= 0.3 is 0 Å². The van der Waals surface area contributed by atoms with Crippen molar-refractivity contribution in [2.45, 2.75) is 19.8 Å². The maximum absolute atomic E-state index is 13.5. The number of carbonyl (C=O) groups excluding carboxylic acids is 1. The first kappa shape index (κ1) is 15.9. The molecule has 0 saturated heterocycles. The summed E-state index contributed by atoms with van der Waals surface area (Å²) in [6.45, 7) is 2.15. The highest BCUT2D eigenvalue weighted by Gasteiger charge is 2.07. The fourth-order valence-electron chi connectivity index (χ4n) is 1.90. The first-order valence-electron chi connectivity index (χ1n) is 6.99. The predicted octanol–water partition coefficient (Wildman–Crippen LogP) is 4.07. The van der Waals surface area contributed by atoms with Crippen molar-refractivity contribution in [2.75, 3.05) is 11.9 Å². The molecule has 5 heteroatoms. The van der Waals surface area contributed by atoms with Crippen LogP contribution in [0.2, 0.25) is 0 Å². The van der Waals surface area contributed by atoms with Crippen LogP contribution in [0.4, 0.5) is 14.5 Å². The summed E-state index contributed by atoms with van der Waals surface area (Å²) < 4.78 is 31.6. The van der Waals surface area contributed by atoms with Crippen molar-refractivity contribution in [3.8, 4) is 5.75 Å². The summed E-state index contributed by atoms with van der Waals surface area (Å²) in [6.07, 6.45) is 0.700. The number of aryl methyl sites for hydroxylation is 1. The maximum atomic E-state index is 13.5. The highest BCUT2D eigenvalue weighted by Crippen LogP contribution is 2.16. The van der Waals surface area contributed by atoms with E-state index in [0.29, 0.717) is 18.8 Å². The van der Waals surface area contributed by atoms with Crippen molar-refractivity contribution in [3.63, 3.8) is 0 Å². The normalized spacial score (nSPS) is 10.3. The Kier molecular flexibility index (Phi) is 5.47. The first-order chi connectivity index (χ1) is 10.5. The molecule has 0 aliphatic carbocycles. The molecular weight excluding hydrogens is 288 g/mol. The van der Waals surface area contributed by atoms with E-state index in [-0.39, 0.29) is 23.8 Å². The van der Waals surface area contributed by atoms with Crippen LogP contribution >= 0.6 is 0 Å². The molecule has 0 aromatic heterocycles. The molecule has 1 amide bonds. The second-order valence-electron chi connectivity index (χ2n) is 4.94. The summed E-state index contributed by atoms with van der Waals surface area (Å²) in [7, 11) is 0. The lowest BCUT2D eigenvalue weighted by Crippen LogP contribution is -2.14. The fraction of sp³-hybridized carbons (Fsp3) is 0.235. The smallest absolute Gasteiger partial charge is 0.224 e. The summed E-state index contributed by atoms with van der Waals surface area (Å²) in [6, 6.07) is 10.2. The monoisotopic (exact) mass is 305 g/mol. The van der Waals surface area contributed by atoms with Gasteiger partial charge in [-0.25, -0.2) is 8.78 Å². The Bertz CT molecular complexity index is 642. The number of amides is 1. The van der Waals surface area contributed by atoms with Gasteiger partial charge in [0.15, 0.2) is 0 Å². The standard InChI is InChI=1S/C17H17F2NO2/c1-12-4-9-15(19)16(11-12)20-17(21)3-2-10-22-14-7-5-13(18)6-8-14/h4-9,11H,2-3,10H2,1H3,(H,20,21). The van der Waals surface area contributed by atoms with E-state index < -0.39 is 5.82 Å². The number of hydrogen-bond acceptors (Lipinski definition) is 2. The second kappa shape index (κ2) is 7.54. The molecule has 3 nitrogen and oxygen atoms in total. The van der Waals surface area contributed by atoms with Gasteiger partial charge in [0.05, 0.1) is 12.3 Å². The molecule has 0 bridgehead atoms. The second-order valence-corrected chi connectivity index (χ2v) is 4.94. The van der Waals surface area contributed by atoms with Crippen molar-refractivity contribution in [1.82, 2.24) is 0 Å². The van der Waals surface area contributed by atoms with Gasteiger partial charge in [-0.2, -0.15) is 0 Å². The van der Waals surface area contributed by atoms with Crippen LogP contribution in [-0.2, 0) is 4.79 Å². The molecule has 0 saturated carbocycles. The van der Waals surface area contributed by atoms with Crippen molar-refractivity contribution >= 4 is 11.6 Å². The molecule has 2 rings (SSSR count). The number of halogens is 2. The first-order valence-corrected chi connectivity index (χ1v) is 6.99. The van der Waals surface area contributed by atoms with Crippen LogP contribution in [0.3, 0.4) is 0 Å². The van der Waals surface area contributed by atoms with Gasteiger partial charge in [-0.15, -0.1) is 0 Å². The molecule has 0 atom stereocenters. The molecule has 0 aliphatic heterocycles. The van der Waals surface area contributed by atoms with Gasteiger partial charge in [-0.1, -0.05) is 6.07 Å². The number of ether oxygens (including phenoxy) is 1. The van der Waals surface area contributed by atoms with E-state index in [4.69, 9.17) is 4.74 Å². The van der Waals surface area contributed by atoms with Gasteiger partial charge < -0.3 is 10.1 Å². The van der Waals surface area contributed by atoms with Crippen LogP contribution in [0.1, 0.15) is 18.4 Å². The van der Waals surface area contributed by atoms with Gasteiger partial charge in [-0.05, 0) is 55.3 Å². The molecular formula is C17H17F2NO2. The van der Waals surface area contributed by atoms with E-state index in [1.807, 2.05) is 6.92 Å². The average Bonchev–Trinajstić information content (AvgIpc) is 2.49. The summed E-state index contributed by atoms with van der Waals surface area (Å²) in [5.74, 6) is -0.507. The van der Waals surface area contributed by atoms with Gasteiger partial charge in [0.2, 0.25) is 5.91 Å². The molecule has 116 valence electrons. The SMILES string of the molecule is Cc1ccc(F)c(NC(=O)CCCOc2ccc(F)cc2)c1. The lowest BCUT2D eigenvalue weighted by molar-refractivity contribution is -0.116. The molecule has 0 spiro atoms. The van der Waals surface area contributed by atoms with Gasteiger partial charge in [0.1, 0.15) is 17.4 Å². The zero-order valence-electron chi connectivity index (χ0n) is 12.2. The van der Waals surface area contributed by atoms with Crippen molar-refractivity contribution in [1.29, 1.82) is 0 Å². The number of nitrogens with one attached hydrogen (secondary N) is 1. The molecule has 1 N–H and O–H groups in total. The van der Waals surface area contributed by atoms with Crippen molar-refractivity contribution < 1.29 is 18.3 Å². The van der Waals surface area contributed by atoms with Crippen LogP contribution in [0.5, 0.6) is 5.75 Å². The van der Waals surface area contributed by atoms with Gasteiger partial charge in [-0.3, -0.25) is 4.79 Å². The summed E-state index contributed by atoms with van der Waals surface area (Å²) in [5.41, 5.74) is 1.06. The molecule has 0 radical (unpaired) electrons. The van der Waals surface area contributed by atoms with Gasteiger partial charge in [0, 0.05) is 6.42 Å². The third-order valence-electron chi connectivity index (χ3n) is 3.03.